The number of benzene rings is 1. The summed E-state index contributed by atoms with van der Waals surface area (Å²) in [5.74, 6) is -0.632. The van der Waals surface area contributed by atoms with Crippen LogP contribution in [-0.4, -0.2) is 35.0 Å². The van der Waals surface area contributed by atoms with E-state index in [0.717, 1.165) is 6.07 Å². The molecule has 0 aliphatic carbocycles. The molecule has 0 saturated heterocycles. The fourth-order valence-corrected chi connectivity index (χ4v) is 2.13. The third-order valence-electron chi connectivity index (χ3n) is 3.18. The van der Waals surface area contributed by atoms with Gasteiger partial charge in [-0.3, -0.25) is 9.69 Å². The van der Waals surface area contributed by atoms with Crippen LogP contribution in [0.1, 0.15) is 39.3 Å². The Morgan fingerprint density at radius 2 is 2.05 bits per heavy atom. The summed E-state index contributed by atoms with van der Waals surface area (Å²) in [6.45, 7) is 8.43. The van der Waals surface area contributed by atoms with Gasteiger partial charge < -0.3 is 10.4 Å². The number of nitrogens with one attached hydrogen (secondary N) is 1. The number of likely N-dealkylation sites (N-methyl/N-ethyl adjacent to an activating group) is 1. The molecule has 112 valence electrons. The zero-order valence-corrected chi connectivity index (χ0v) is 12.5. The van der Waals surface area contributed by atoms with Crippen LogP contribution in [0.3, 0.4) is 0 Å². The Morgan fingerprint density at radius 1 is 1.40 bits per heavy atom. The summed E-state index contributed by atoms with van der Waals surface area (Å²) in [6, 6.07) is 3.95. The molecule has 1 aromatic carbocycles. The SMILES string of the molecule is CCN(CC(=O)NC(C)C)C(C)c1ccc(O)cc1F. The van der Waals surface area contributed by atoms with Gasteiger partial charge in [0.2, 0.25) is 5.91 Å². The number of halogens is 1. The normalized spacial score (nSPS) is 12.8. The van der Waals surface area contributed by atoms with Gasteiger partial charge in [-0.15, -0.1) is 0 Å². The first-order chi connectivity index (χ1) is 9.35. The molecular formula is C15H23FN2O2. The zero-order valence-electron chi connectivity index (χ0n) is 12.5. The number of aromatic hydroxyl groups is 1. The lowest BCUT2D eigenvalue weighted by Crippen LogP contribution is -2.41. The summed E-state index contributed by atoms with van der Waals surface area (Å²) in [5, 5.41) is 12.1. The third kappa shape index (κ3) is 4.49. The van der Waals surface area contributed by atoms with Crippen LogP contribution in [0, 0.1) is 5.82 Å². The van der Waals surface area contributed by atoms with Gasteiger partial charge in [0, 0.05) is 23.7 Å². The molecule has 0 aliphatic rings. The van der Waals surface area contributed by atoms with E-state index >= 15 is 0 Å². The molecule has 20 heavy (non-hydrogen) atoms. The highest BCUT2D eigenvalue weighted by Gasteiger charge is 2.20. The summed E-state index contributed by atoms with van der Waals surface area (Å²) in [7, 11) is 0. The van der Waals surface area contributed by atoms with Crippen LogP contribution < -0.4 is 5.32 Å². The van der Waals surface area contributed by atoms with Crippen molar-refractivity contribution in [3.05, 3.63) is 29.6 Å². The molecule has 1 rings (SSSR count). The van der Waals surface area contributed by atoms with Crippen LogP contribution in [-0.2, 0) is 4.79 Å². The lowest BCUT2D eigenvalue weighted by atomic mass is 10.1. The molecule has 1 amide bonds. The second-order valence-corrected chi connectivity index (χ2v) is 5.17. The van der Waals surface area contributed by atoms with Crippen molar-refractivity contribution >= 4 is 5.91 Å². The maximum atomic E-state index is 13.9. The number of phenolic OH excluding ortho intramolecular Hbond substituents is 1. The molecule has 1 aromatic rings. The Kier molecular flexibility index (Phi) is 5.95. The quantitative estimate of drug-likeness (QED) is 0.842. The van der Waals surface area contributed by atoms with Gasteiger partial charge in [-0.05, 0) is 33.4 Å². The highest BCUT2D eigenvalue weighted by Crippen LogP contribution is 2.25. The van der Waals surface area contributed by atoms with Crippen LogP contribution in [0.2, 0.25) is 0 Å². The molecule has 5 heteroatoms. The van der Waals surface area contributed by atoms with E-state index in [4.69, 9.17) is 0 Å². The van der Waals surface area contributed by atoms with Gasteiger partial charge in [0.05, 0.1) is 6.54 Å². The van der Waals surface area contributed by atoms with Crippen LogP contribution in [0.15, 0.2) is 18.2 Å². The summed E-state index contributed by atoms with van der Waals surface area (Å²) in [5.41, 5.74) is 0.474. The average Bonchev–Trinajstić information content (AvgIpc) is 2.34. The van der Waals surface area contributed by atoms with Gasteiger partial charge in [-0.25, -0.2) is 4.39 Å². The summed E-state index contributed by atoms with van der Waals surface area (Å²) >= 11 is 0. The van der Waals surface area contributed by atoms with E-state index < -0.39 is 5.82 Å². The number of carbonyl (C=O) groups is 1. The third-order valence-corrected chi connectivity index (χ3v) is 3.18. The minimum absolute atomic E-state index is 0.0760. The number of hydrogen-bond acceptors (Lipinski definition) is 3. The number of phenols is 1. The van der Waals surface area contributed by atoms with Crippen molar-refractivity contribution in [1.29, 1.82) is 0 Å². The topological polar surface area (TPSA) is 52.6 Å². The van der Waals surface area contributed by atoms with E-state index in [1.54, 1.807) is 6.07 Å². The first-order valence-electron chi connectivity index (χ1n) is 6.87. The zero-order chi connectivity index (χ0) is 15.3. The average molecular weight is 282 g/mol. The molecule has 0 heterocycles. The lowest BCUT2D eigenvalue weighted by Gasteiger charge is -2.28. The first-order valence-corrected chi connectivity index (χ1v) is 6.87. The van der Waals surface area contributed by atoms with E-state index in [9.17, 15) is 14.3 Å². The van der Waals surface area contributed by atoms with Gasteiger partial charge in [-0.2, -0.15) is 0 Å². The fraction of sp³-hybridized carbons (Fsp3) is 0.533. The monoisotopic (exact) mass is 282 g/mol. The highest BCUT2D eigenvalue weighted by atomic mass is 19.1. The van der Waals surface area contributed by atoms with Gasteiger partial charge in [-0.1, -0.05) is 13.0 Å². The van der Waals surface area contributed by atoms with Crippen molar-refractivity contribution in [2.45, 2.75) is 39.8 Å². The van der Waals surface area contributed by atoms with E-state index in [1.165, 1.54) is 6.07 Å². The van der Waals surface area contributed by atoms with Crippen LogP contribution >= 0.6 is 0 Å². The molecule has 1 atom stereocenters. The van der Waals surface area contributed by atoms with Crippen molar-refractivity contribution in [2.24, 2.45) is 0 Å². The molecule has 0 radical (unpaired) electrons. The maximum Gasteiger partial charge on any atom is 0.234 e. The smallest absolute Gasteiger partial charge is 0.234 e. The first kappa shape index (κ1) is 16.4. The maximum absolute atomic E-state index is 13.9. The Hall–Kier alpha value is -1.62. The molecule has 0 fully saturated rings. The predicted octanol–water partition coefficient (Wildman–Crippen LogP) is 2.44. The Morgan fingerprint density at radius 3 is 2.55 bits per heavy atom. The number of nitrogens with zero attached hydrogens (tertiary/aromatic N) is 1. The largest absolute Gasteiger partial charge is 0.508 e. The lowest BCUT2D eigenvalue weighted by molar-refractivity contribution is -0.123. The van der Waals surface area contributed by atoms with Gasteiger partial charge in [0.25, 0.3) is 0 Å². The molecule has 0 saturated carbocycles. The molecule has 4 nitrogen and oxygen atoms in total. The summed E-state index contributed by atoms with van der Waals surface area (Å²) < 4.78 is 13.9. The van der Waals surface area contributed by atoms with Crippen LogP contribution in [0.5, 0.6) is 5.75 Å². The number of hydrogen-bond donors (Lipinski definition) is 2. The minimum Gasteiger partial charge on any atom is -0.508 e. The summed E-state index contributed by atoms with van der Waals surface area (Å²) in [6.07, 6.45) is 0. The second-order valence-electron chi connectivity index (χ2n) is 5.17. The molecule has 0 bridgehead atoms. The van der Waals surface area contributed by atoms with E-state index in [2.05, 4.69) is 5.32 Å². The second kappa shape index (κ2) is 7.24. The van der Waals surface area contributed by atoms with Gasteiger partial charge in [0.1, 0.15) is 11.6 Å². The van der Waals surface area contributed by atoms with Crippen molar-refractivity contribution in [3.8, 4) is 5.75 Å². The van der Waals surface area contributed by atoms with E-state index in [1.807, 2.05) is 32.6 Å². The van der Waals surface area contributed by atoms with Crippen molar-refractivity contribution in [2.75, 3.05) is 13.1 Å². The Bertz CT molecular complexity index is 463. The van der Waals surface area contributed by atoms with Crippen molar-refractivity contribution < 1.29 is 14.3 Å². The van der Waals surface area contributed by atoms with Gasteiger partial charge in [0.15, 0.2) is 0 Å². The predicted molar refractivity (Wildman–Crippen MR) is 77.0 cm³/mol. The molecule has 2 N–H and O–H groups in total. The van der Waals surface area contributed by atoms with Crippen molar-refractivity contribution in [1.82, 2.24) is 10.2 Å². The van der Waals surface area contributed by atoms with E-state index in [0.29, 0.717) is 12.1 Å². The minimum atomic E-state index is -0.458. The van der Waals surface area contributed by atoms with Crippen LogP contribution in [0.25, 0.3) is 0 Å². The molecular weight excluding hydrogens is 259 g/mol. The van der Waals surface area contributed by atoms with Gasteiger partial charge >= 0.3 is 0 Å². The highest BCUT2D eigenvalue weighted by molar-refractivity contribution is 5.78. The Labute approximate surface area is 119 Å². The van der Waals surface area contributed by atoms with Crippen molar-refractivity contribution in [3.63, 3.8) is 0 Å². The Balaban J connectivity index is 2.81. The van der Waals surface area contributed by atoms with Crippen LogP contribution in [0.4, 0.5) is 4.39 Å². The molecule has 0 aromatic heterocycles. The van der Waals surface area contributed by atoms with E-state index in [-0.39, 0.29) is 30.3 Å². The number of carbonyl (C=O) groups excluding carboxylic acids is 1. The standard InChI is InChI=1S/C15H23FN2O2/c1-5-18(9-15(20)17-10(2)3)11(4)13-7-6-12(19)8-14(13)16/h6-8,10-11,19H,5,9H2,1-4H3,(H,17,20). The molecule has 1 unspecified atom stereocenters. The molecule has 0 spiro atoms. The molecule has 0 aliphatic heterocycles. The fourth-order valence-electron chi connectivity index (χ4n) is 2.13. The summed E-state index contributed by atoms with van der Waals surface area (Å²) in [4.78, 5) is 13.7. The number of rotatable bonds is 6. The number of amides is 1.